The molecule has 1 aliphatic rings. The van der Waals surface area contributed by atoms with Crippen LogP contribution in [0.5, 0.6) is 0 Å². The maximum Gasteiger partial charge on any atom is 0.00338 e. The van der Waals surface area contributed by atoms with Gasteiger partial charge in [-0.2, -0.15) is 0 Å². The second kappa shape index (κ2) is 5.09. The van der Waals surface area contributed by atoms with Crippen LogP contribution in [0.3, 0.4) is 0 Å². The lowest BCUT2D eigenvalue weighted by molar-refractivity contribution is 0.566. The molecule has 1 heteroatoms. The van der Waals surface area contributed by atoms with Gasteiger partial charge in [-0.3, -0.25) is 0 Å². The van der Waals surface area contributed by atoms with Crippen LogP contribution < -0.4 is 0 Å². The predicted molar refractivity (Wildman–Crippen MR) is 82.3 cm³/mol. The second-order valence-corrected chi connectivity index (χ2v) is 7.09. The van der Waals surface area contributed by atoms with Crippen molar-refractivity contribution < 1.29 is 0 Å². The van der Waals surface area contributed by atoms with Crippen molar-refractivity contribution in [1.82, 2.24) is 0 Å². The van der Waals surface area contributed by atoms with Crippen molar-refractivity contribution in [1.29, 1.82) is 0 Å². The van der Waals surface area contributed by atoms with Crippen molar-refractivity contribution in [2.45, 2.75) is 13.8 Å². The van der Waals surface area contributed by atoms with Crippen LogP contribution in [0.2, 0.25) is 0 Å². The summed E-state index contributed by atoms with van der Waals surface area (Å²) >= 11 is 0.208. The lowest BCUT2D eigenvalue weighted by atomic mass is 9.94. The number of halogens is 1. The fraction of sp³-hybridized carbons (Fsp3) is 0.267. The van der Waals surface area contributed by atoms with Crippen LogP contribution in [0.1, 0.15) is 19.4 Å². The van der Waals surface area contributed by atoms with Crippen molar-refractivity contribution in [2.24, 2.45) is 5.41 Å². The van der Waals surface area contributed by atoms with E-state index in [1.165, 1.54) is 15.6 Å². The monoisotopic (exact) mass is 324 g/mol. The molecule has 84 valence electrons. The van der Waals surface area contributed by atoms with Gasteiger partial charge >= 0.3 is 0 Å². The molecule has 0 amide bonds. The van der Waals surface area contributed by atoms with Gasteiger partial charge in [0.05, 0.1) is 0 Å². The summed E-state index contributed by atoms with van der Waals surface area (Å²) < 4.78 is 3.73. The number of alkyl halides is 1. The SMILES string of the molecule is CC1(C)/C=C\C(c2ccccc2)=C/C=IC1. The summed E-state index contributed by atoms with van der Waals surface area (Å²) in [6, 6.07) is 10.6. The summed E-state index contributed by atoms with van der Waals surface area (Å²) in [6.45, 7) is 4.65. The van der Waals surface area contributed by atoms with E-state index in [0.717, 1.165) is 0 Å². The van der Waals surface area contributed by atoms with Crippen molar-refractivity contribution in [3.63, 3.8) is 0 Å². The lowest BCUT2D eigenvalue weighted by Gasteiger charge is -2.18. The van der Waals surface area contributed by atoms with E-state index in [1.807, 2.05) is 0 Å². The zero-order valence-electron chi connectivity index (χ0n) is 9.78. The molecular formula is C15H17I. The van der Waals surface area contributed by atoms with Gasteiger partial charge in [-0.1, -0.05) is 56.3 Å². The molecule has 0 saturated heterocycles. The van der Waals surface area contributed by atoms with Crippen LogP contribution in [0.15, 0.2) is 48.6 Å². The highest BCUT2D eigenvalue weighted by Crippen LogP contribution is 2.27. The molecule has 1 aromatic rings. The van der Waals surface area contributed by atoms with Gasteiger partial charge in [0.1, 0.15) is 0 Å². The third-order valence-corrected chi connectivity index (χ3v) is 5.85. The molecule has 0 bridgehead atoms. The van der Waals surface area contributed by atoms with Gasteiger partial charge in [0.2, 0.25) is 0 Å². The summed E-state index contributed by atoms with van der Waals surface area (Å²) in [6.07, 6.45) is 6.92. The Kier molecular flexibility index (Phi) is 3.74. The minimum atomic E-state index is 0.208. The first-order valence-corrected chi connectivity index (χ1v) is 8.30. The van der Waals surface area contributed by atoms with E-state index in [9.17, 15) is 0 Å². The van der Waals surface area contributed by atoms with E-state index in [1.54, 1.807) is 0 Å². The molecule has 0 fully saturated rings. The maximum atomic E-state index is 2.40. The minimum absolute atomic E-state index is 0.208. The van der Waals surface area contributed by atoms with Crippen LogP contribution in [-0.4, -0.2) is 8.44 Å². The van der Waals surface area contributed by atoms with Crippen LogP contribution in [0.25, 0.3) is 5.57 Å². The third kappa shape index (κ3) is 3.14. The molecular weight excluding hydrogens is 307 g/mol. The quantitative estimate of drug-likeness (QED) is 0.529. The van der Waals surface area contributed by atoms with E-state index >= 15 is 0 Å². The Morgan fingerprint density at radius 2 is 1.88 bits per heavy atom. The molecule has 2 rings (SSSR count). The molecule has 0 radical (unpaired) electrons. The van der Waals surface area contributed by atoms with E-state index in [-0.39, 0.29) is 20.7 Å². The molecule has 0 saturated carbocycles. The van der Waals surface area contributed by atoms with E-state index < -0.39 is 0 Å². The zero-order valence-corrected chi connectivity index (χ0v) is 11.9. The van der Waals surface area contributed by atoms with Gasteiger partial charge in [0, 0.05) is 4.43 Å². The zero-order chi connectivity index (χ0) is 11.4. The normalized spacial score (nSPS) is 24.5. The fourth-order valence-corrected chi connectivity index (χ4v) is 3.88. The standard InChI is InChI=1S/C15H17I/c1-15(2)10-8-14(9-11-16-12-15)13-6-4-3-5-7-13/h3-11H,12H2,1-2H3/b10-8-,14-9+. The van der Waals surface area contributed by atoms with Crippen molar-refractivity contribution in [3.05, 3.63) is 54.1 Å². The van der Waals surface area contributed by atoms with E-state index in [4.69, 9.17) is 0 Å². The molecule has 0 N–H and O–H groups in total. The first kappa shape index (κ1) is 11.8. The Labute approximate surface area is 108 Å². The summed E-state index contributed by atoms with van der Waals surface area (Å²) in [5, 5.41) is 0. The Bertz CT molecular complexity index is 436. The topological polar surface area (TPSA) is 0 Å². The molecule has 1 aliphatic heterocycles. The maximum absolute atomic E-state index is 2.40. The number of allylic oxidation sites excluding steroid dienone is 4. The molecule has 0 spiro atoms. The first-order chi connectivity index (χ1) is 7.67. The first-order valence-electron chi connectivity index (χ1n) is 5.53. The summed E-state index contributed by atoms with van der Waals surface area (Å²) in [5.41, 5.74) is 3.02. The molecule has 16 heavy (non-hydrogen) atoms. The Morgan fingerprint density at radius 3 is 2.62 bits per heavy atom. The number of rotatable bonds is 1. The largest absolute Gasteiger partial charge is 0.122 e. The van der Waals surface area contributed by atoms with Crippen LogP contribution in [0, 0.1) is 5.41 Å². The molecule has 0 atom stereocenters. The number of benzene rings is 1. The molecule has 0 unspecified atom stereocenters. The van der Waals surface area contributed by atoms with Crippen LogP contribution in [-0.2, 0) is 0 Å². The summed E-state index contributed by atoms with van der Waals surface area (Å²) in [7, 11) is 0. The Morgan fingerprint density at radius 1 is 1.12 bits per heavy atom. The fourth-order valence-electron chi connectivity index (χ4n) is 1.59. The Hall–Kier alpha value is -0.700. The van der Waals surface area contributed by atoms with Gasteiger partial charge < -0.3 is 0 Å². The smallest absolute Gasteiger partial charge is 0.00338 e. The molecule has 0 aromatic heterocycles. The molecule has 1 heterocycles. The minimum Gasteiger partial charge on any atom is -0.122 e. The average molecular weight is 324 g/mol. The van der Waals surface area contributed by atoms with E-state index in [2.05, 4.69) is 66.4 Å². The second-order valence-electron chi connectivity index (χ2n) is 4.72. The van der Waals surface area contributed by atoms with Gasteiger partial charge in [-0.15, -0.1) is 20.7 Å². The average Bonchev–Trinajstić information content (AvgIpc) is 2.26. The van der Waals surface area contributed by atoms with Crippen LogP contribution >= 0.6 is 20.7 Å². The van der Waals surface area contributed by atoms with Gasteiger partial charge in [0.15, 0.2) is 0 Å². The van der Waals surface area contributed by atoms with E-state index in [0.29, 0.717) is 5.41 Å². The van der Waals surface area contributed by atoms with Gasteiger partial charge in [0.25, 0.3) is 0 Å². The van der Waals surface area contributed by atoms with Gasteiger partial charge in [-0.25, -0.2) is 0 Å². The molecule has 0 aliphatic carbocycles. The summed E-state index contributed by atoms with van der Waals surface area (Å²) in [5.74, 6) is 0. The van der Waals surface area contributed by atoms with Gasteiger partial charge in [-0.05, 0) is 26.6 Å². The molecule has 1 aromatic carbocycles. The highest BCUT2D eigenvalue weighted by molar-refractivity contribution is 14.2. The lowest BCUT2D eigenvalue weighted by Crippen LogP contribution is -2.09. The third-order valence-electron chi connectivity index (χ3n) is 2.57. The molecule has 0 nitrogen and oxygen atoms in total. The number of hydrogen-bond acceptors (Lipinski definition) is 0. The van der Waals surface area contributed by atoms with Crippen molar-refractivity contribution >= 4 is 30.3 Å². The van der Waals surface area contributed by atoms with Crippen LogP contribution in [0.4, 0.5) is 0 Å². The van der Waals surface area contributed by atoms with Crippen molar-refractivity contribution in [3.8, 4) is 0 Å². The highest BCUT2D eigenvalue weighted by atomic mass is 127. The van der Waals surface area contributed by atoms with Crippen molar-refractivity contribution in [2.75, 3.05) is 4.43 Å². The summed E-state index contributed by atoms with van der Waals surface area (Å²) in [4.78, 5) is 0. The number of hydrogen-bond donors (Lipinski definition) is 0. The Balaban J connectivity index is 2.35. The highest BCUT2D eigenvalue weighted by Gasteiger charge is 2.13. The predicted octanol–water partition coefficient (Wildman–Crippen LogP) is 4.44.